The molecule has 1 aliphatic rings. The van der Waals surface area contributed by atoms with Gasteiger partial charge in [-0.2, -0.15) is 0 Å². The summed E-state index contributed by atoms with van der Waals surface area (Å²) >= 11 is 1.50. The Hall–Kier alpha value is -2.60. The van der Waals surface area contributed by atoms with E-state index in [1.54, 1.807) is 12.5 Å². The molecule has 22 heavy (non-hydrogen) atoms. The summed E-state index contributed by atoms with van der Waals surface area (Å²) in [4.78, 5) is 17.6. The average molecular weight is 311 g/mol. The SMILES string of the molecule is Cc1cccc2c1NC(c1cnc(-c3ccco3)s1)NC2=O. The largest absolute Gasteiger partial charge is 0.462 e. The standard InChI is InChI=1S/C16H13N3O2S/c1-9-4-2-5-10-13(9)18-14(19-15(10)20)12-8-17-16(22-12)11-6-3-7-21-11/h2-8,14,18H,1H3,(H,19,20). The number of rotatable bonds is 2. The fourth-order valence-corrected chi connectivity index (χ4v) is 3.40. The van der Waals surface area contributed by atoms with Crippen molar-refractivity contribution in [1.82, 2.24) is 10.3 Å². The average Bonchev–Trinajstić information content (AvgIpc) is 3.19. The molecule has 0 bridgehead atoms. The van der Waals surface area contributed by atoms with Crippen molar-refractivity contribution in [2.45, 2.75) is 13.1 Å². The molecular weight excluding hydrogens is 298 g/mol. The van der Waals surface area contributed by atoms with Gasteiger partial charge in [-0.3, -0.25) is 4.79 Å². The van der Waals surface area contributed by atoms with Gasteiger partial charge in [0.15, 0.2) is 10.8 Å². The number of nitrogens with zero attached hydrogens (tertiary/aromatic N) is 1. The lowest BCUT2D eigenvalue weighted by Crippen LogP contribution is -2.38. The van der Waals surface area contributed by atoms with Gasteiger partial charge in [0, 0.05) is 6.20 Å². The Morgan fingerprint density at radius 1 is 1.23 bits per heavy atom. The minimum Gasteiger partial charge on any atom is -0.462 e. The summed E-state index contributed by atoms with van der Waals surface area (Å²) in [6.45, 7) is 1.99. The van der Waals surface area contributed by atoms with E-state index in [1.165, 1.54) is 11.3 Å². The van der Waals surface area contributed by atoms with Crippen molar-refractivity contribution in [1.29, 1.82) is 0 Å². The highest BCUT2D eigenvalue weighted by molar-refractivity contribution is 7.15. The third-order valence-corrected chi connectivity index (χ3v) is 4.70. The molecule has 3 aromatic rings. The number of nitrogens with one attached hydrogen (secondary N) is 2. The van der Waals surface area contributed by atoms with Crippen molar-refractivity contribution < 1.29 is 9.21 Å². The van der Waals surface area contributed by atoms with Gasteiger partial charge < -0.3 is 15.1 Å². The first-order valence-corrected chi connectivity index (χ1v) is 7.70. The molecule has 0 saturated carbocycles. The second-order valence-electron chi connectivity index (χ2n) is 5.09. The van der Waals surface area contributed by atoms with Crippen molar-refractivity contribution in [3.05, 3.63) is 58.8 Å². The molecular formula is C16H13N3O2S. The zero-order chi connectivity index (χ0) is 15.1. The highest BCUT2D eigenvalue weighted by Crippen LogP contribution is 2.33. The predicted octanol–water partition coefficient (Wildman–Crippen LogP) is 3.57. The molecule has 5 nitrogen and oxygen atoms in total. The van der Waals surface area contributed by atoms with Crippen LogP contribution in [0.3, 0.4) is 0 Å². The first kappa shape index (κ1) is 13.1. The molecule has 6 heteroatoms. The van der Waals surface area contributed by atoms with Crippen LogP contribution in [-0.2, 0) is 0 Å². The highest BCUT2D eigenvalue weighted by Gasteiger charge is 2.27. The molecule has 1 aliphatic heterocycles. The monoisotopic (exact) mass is 311 g/mol. The summed E-state index contributed by atoms with van der Waals surface area (Å²) in [7, 11) is 0. The van der Waals surface area contributed by atoms with E-state index in [1.807, 2.05) is 37.3 Å². The summed E-state index contributed by atoms with van der Waals surface area (Å²) < 4.78 is 5.36. The lowest BCUT2D eigenvalue weighted by molar-refractivity contribution is 0.0936. The molecule has 0 fully saturated rings. The van der Waals surface area contributed by atoms with Crippen molar-refractivity contribution in [2.75, 3.05) is 5.32 Å². The molecule has 0 saturated heterocycles. The van der Waals surface area contributed by atoms with Gasteiger partial charge in [-0.1, -0.05) is 12.1 Å². The Labute approximate surface area is 131 Å². The Balaban J connectivity index is 1.68. The number of fused-ring (bicyclic) bond motifs is 1. The van der Waals surface area contributed by atoms with E-state index in [-0.39, 0.29) is 12.1 Å². The first-order valence-electron chi connectivity index (χ1n) is 6.89. The third-order valence-electron chi connectivity index (χ3n) is 3.62. The number of hydrogen-bond acceptors (Lipinski definition) is 5. The molecule has 2 N–H and O–H groups in total. The molecule has 3 heterocycles. The number of benzene rings is 1. The zero-order valence-corrected chi connectivity index (χ0v) is 12.6. The number of hydrogen-bond donors (Lipinski definition) is 2. The van der Waals surface area contributed by atoms with Crippen LogP contribution in [-0.4, -0.2) is 10.9 Å². The van der Waals surface area contributed by atoms with Gasteiger partial charge in [0.1, 0.15) is 6.17 Å². The Morgan fingerprint density at radius 2 is 2.14 bits per heavy atom. The van der Waals surface area contributed by atoms with Gasteiger partial charge in [-0.25, -0.2) is 4.98 Å². The van der Waals surface area contributed by atoms with Gasteiger partial charge in [-0.15, -0.1) is 11.3 Å². The smallest absolute Gasteiger partial charge is 0.255 e. The lowest BCUT2D eigenvalue weighted by Gasteiger charge is -2.28. The normalized spacial score (nSPS) is 16.8. The Kier molecular flexibility index (Phi) is 2.97. The van der Waals surface area contributed by atoms with E-state index in [9.17, 15) is 4.79 Å². The predicted molar refractivity (Wildman–Crippen MR) is 84.8 cm³/mol. The summed E-state index contributed by atoms with van der Waals surface area (Å²) in [5, 5.41) is 7.14. The maximum absolute atomic E-state index is 12.3. The zero-order valence-electron chi connectivity index (χ0n) is 11.8. The van der Waals surface area contributed by atoms with Crippen LogP contribution in [0.25, 0.3) is 10.8 Å². The van der Waals surface area contributed by atoms with Gasteiger partial charge in [0.2, 0.25) is 0 Å². The number of amides is 1. The minimum absolute atomic E-state index is 0.0737. The second-order valence-corrected chi connectivity index (χ2v) is 6.16. The lowest BCUT2D eigenvalue weighted by atomic mass is 10.0. The number of para-hydroxylation sites is 1. The maximum atomic E-state index is 12.3. The highest BCUT2D eigenvalue weighted by atomic mass is 32.1. The maximum Gasteiger partial charge on any atom is 0.255 e. The number of anilines is 1. The molecule has 110 valence electrons. The van der Waals surface area contributed by atoms with Crippen molar-refractivity contribution in [3.63, 3.8) is 0 Å². The second kappa shape index (κ2) is 4.99. The molecule has 1 unspecified atom stereocenters. The van der Waals surface area contributed by atoms with Crippen LogP contribution in [0.15, 0.2) is 47.2 Å². The van der Waals surface area contributed by atoms with Crippen molar-refractivity contribution in [2.24, 2.45) is 0 Å². The summed E-state index contributed by atoms with van der Waals surface area (Å²) in [5.41, 5.74) is 2.60. The number of aryl methyl sites for hydroxylation is 1. The van der Waals surface area contributed by atoms with Crippen LogP contribution in [0.1, 0.15) is 27.0 Å². The Bertz CT molecular complexity index is 839. The molecule has 1 amide bonds. The van der Waals surface area contributed by atoms with Crippen LogP contribution in [0.4, 0.5) is 5.69 Å². The third kappa shape index (κ3) is 2.08. The fraction of sp³-hybridized carbons (Fsp3) is 0.125. The topological polar surface area (TPSA) is 67.2 Å². The van der Waals surface area contributed by atoms with Crippen molar-refractivity contribution >= 4 is 22.9 Å². The van der Waals surface area contributed by atoms with E-state index in [2.05, 4.69) is 15.6 Å². The molecule has 1 atom stereocenters. The molecule has 2 aromatic heterocycles. The number of furan rings is 1. The summed E-state index contributed by atoms with van der Waals surface area (Å²) in [6, 6.07) is 9.40. The van der Waals surface area contributed by atoms with Gasteiger partial charge in [0.05, 0.1) is 22.4 Å². The van der Waals surface area contributed by atoms with Crippen LogP contribution in [0.5, 0.6) is 0 Å². The number of carbonyl (C=O) groups is 1. The number of aromatic nitrogens is 1. The van der Waals surface area contributed by atoms with E-state index >= 15 is 0 Å². The van der Waals surface area contributed by atoms with Gasteiger partial charge in [0.25, 0.3) is 5.91 Å². The first-order chi connectivity index (χ1) is 10.7. The van der Waals surface area contributed by atoms with Crippen molar-refractivity contribution in [3.8, 4) is 10.8 Å². The minimum atomic E-state index is -0.276. The molecule has 0 spiro atoms. The number of thiazole rings is 1. The van der Waals surface area contributed by atoms with Gasteiger partial charge in [-0.05, 0) is 30.7 Å². The van der Waals surface area contributed by atoms with Crippen LogP contribution in [0.2, 0.25) is 0 Å². The van der Waals surface area contributed by atoms with E-state index < -0.39 is 0 Å². The Morgan fingerprint density at radius 3 is 2.95 bits per heavy atom. The molecule has 1 aromatic carbocycles. The molecule has 0 radical (unpaired) electrons. The quantitative estimate of drug-likeness (QED) is 0.759. The van der Waals surface area contributed by atoms with Crippen LogP contribution < -0.4 is 10.6 Å². The number of carbonyl (C=O) groups excluding carboxylic acids is 1. The fourth-order valence-electron chi connectivity index (χ4n) is 2.51. The van der Waals surface area contributed by atoms with E-state index in [0.29, 0.717) is 5.56 Å². The summed E-state index contributed by atoms with van der Waals surface area (Å²) in [6.07, 6.45) is 3.11. The molecule has 4 rings (SSSR count). The van der Waals surface area contributed by atoms with E-state index in [0.717, 1.165) is 26.9 Å². The van der Waals surface area contributed by atoms with E-state index in [4.69, 9.17) is 4.42 Å². The molecule has 0 aliphatic carbocycles. The van der Waals surface area contributed by atoms with Crippen LogP contribution >= 0.6 is 11.3 Å². The van der Waals surface area contributed by atoms with Crippen LogP contribution in [0, 0.1) is 6.92 Å². The summed E-state index contributed by atoms with van der Waals surface area (Å²) in [5.74, 6) is 0.658. The van der Waals surface area contributed by atoms with Gasteiger partial charge >= 0.3 is 0 Å².